The van der Waals surface area contributed by atoms with Gasteiger partial charge in [-0.25, -0.2) is 0 Å². The topological polar surface area (TPSA) is 56.8 Å². The monoisotopic (exact) mass is 297 g/mol. The summed E-state index contributed by atoms with van der Waals surface area (Å²) in [5.74, 6) is -0.108. The molecule has 0 amide bonds. The van der Waals surface area contributed by atoms with Crippen LogP contribution in [-0.4, -0.2) is 43.5 Å². The van der Waals surface area contributed by atoms with Crippen molar-refractivity contribution in [2.45, 2.75) is 76.9 Å². The molecule has 0 aromatic carbocycles. The van der Waals surface area contributed by atoms with Gasteiger partial charge in [0.1, 0.15) is 6.04 Å². The summed E-state index contributed by atoms with van der Waals surface area (Å²) in [7, 11) is -0.151. The van der Waals surface area contributed by atoms with Gasteiger partial charge in [-0.2, -0.15) is 0 Å². The Morgan fingerprint density at radius 3 is 2.48 bits per heavy atom. The molecule has 2 aliphatic heterocycles. The van der Waals surface area contributed by atoms with Gasteiger partial charge in [0.25, 0.3) is 0 Å². The van der Waals surface area contributed by atoms with Crippen LogP contribution in [0.25, 0.3) is 0 Å². The van der Waals surface area contributed by atoms with Gasteiger partial charge in [-0.1, -0.05) is 6.42 Å². The van der Waals surface area contributed by atoms with Crippen LogP contribution in [0.4, 0.5) is 0 Å². The second-order valence-corrected chi connectivity index (χ2v) is 7.00. The molecule has 0 radical (unpaired) electrons. The average Bonchev–Trinajstić information content (AvgIpc) is 2.96. The Bertz CT molecular complexity index is 351. The Labute approximate surface area is 128 Å². The lowest BCUT2D eigenvalue weighted by Gasteiger charge is -2.32. The summed E-state index contributed by atoms with van der Waals surface area (Å²) in [4.78, 5) is 11.7. The van der Waals surface area contributed by atoms with Crippen LogP contribution in [-0.2, 0) is 18.8 Å². The lowest BCUT2D eigenvalue weighted by molar-refractivity contribution is -0.145. The molecule has 0 saturated carbocycles. The van der Waals surface area contributed by atoms with Crippen molar-refractivity contribution in [3.05, 3.63) is 0 Å². The Hall–Kier alpha value is -0.585. The lowest BCUT2D eigenvalue weighted by Crippen LogP contribution is -2.41. The SMILES string of the molecule is CC1(C)OB(CCCCOC(=O)C2CCCN2)OC1(C)C. The van der Waals surface area contributed by atoms with Gasteiger partial charge in [0.2, 0.25) is 0 Å². The highest BCUT2D eigenvalue weighted by Crippen LogP contribution is 2.38. The van der Waals surface area contributed by atoms with Crippen molar-refractivity contribution in [2.75, 3.05) is 13.2 Å². The number of esters is 1. The van der Waals surface area contributed by atoms with Gasteiger partial charge >= 0.3 is 13.1 Å². The maximum atomic E-state index is 11.7. The minimum atomic E-state index is -0.266. The maximum absolute atomic E-state index is 11.7. The first kappa shape index (κ1) is 16.8. The number of ether oxygens (including phenoxy) is 1. The molecular weight excluding hydrogens is 269 g/mol. The van der Waals surface area contributed by atoms with Gasteiger partial charge in [-0.05, 0) is 59.8 Å². The Balaban J connectivity index is 1.57. The van der Waals surface area contributed by atoms with Crippen LogP contribution in [0.1, 0.15) is 53.4 Å². The van der Waals surface area contributed by atoms with Crippen molar-refractivity contribution >= 4 is 13.1 Å². The molecule has 2 aliphatic rings. The predicted molar refractivity (Wildman–Crippen MR) is 82.1 cm³/mol. The Morgan fingerprint density at radius 2 is 1.90 bits per heavy atom. The van der Waals surface area contributed by atoms with E-state index in [9.17, 15) is 4.79 Å². The molecule has 120 valence electrons. The second kappa shape index (κ2) is 6.67. The minimum absolute atomic E-state index is 0.0897. The van der Waals surface area contributed by atoms with Gasteiger partial charge < -0.3 is 19.4 Å². The maximum Gasteiger partial charge on any atom is 0.457 e. The number of nitrogens with one attached hydrogen (secondary N) is 1. The largest absolute Gasteiger partial charge is 0.465 e. The first-order valence-corrected chi connectivity index (χ1v) is 8.07. The summed E-state index contributed by atoms with van der Waals surface area (Å²) < 4.78 is 17.2. The Kier molecular flexibility index (Phi) is 5.33. The predicted octanol–water partition coefficient (Wildman–Crippen LogP) is 2.15. The summed E-state index contributed by atoms with van der Waals surface area (Å²) in [5, 5.41) is 3.15. The molecule has 2 heterocycles. The molecule has 21 heavy (non-hydrogen) atoms. The van der Waals surface area contributed by atoms with E-state index in [2.05, 4.69) is 33.0 Å². The van der Waals surface area contributed by atoms with E-state index in [0.29, 0.717) is 6.61 Å². The van der Waals surface area contributed by atoms with Gasteiger partial charge in [-0.3, -0.25) is 4.79 Å². The van der Waals surface area contributed by atoms with Crippen LogP contribution >= 0.6 is 0 Å². The van der Waals surface area contributed by atoms with E-state index in [-0.39, 0.29) is 30.3 Å². The van der Waals surface area contributed by atoms with Gasteiger partial charge in [0.05, 0.1) is 17.8 Å². The van der Waals surface area contributed by atoms with Crippen LogP contribution in [0.3, 0.4) is 0 Å². The van der Waals surface area contributed by atoms with Crippen LogP contribution in [0.2, 0.25) is 6.32 Å². The van der Waals surface area contributed by atoms with Crippen molar-refractivity contribution < 1.29 is 18.8 Å². The van der Waals surface area contributed by atoms with Crippen LogP contribution in [0.5, 0.6) is 0 Å². The molecule has 0 aromatic rings. The highest BCUT2D eigenvalue weighted by Gasteiger charge is 2.50. The van der Waals surface area contributed by atoms with Gasteiger partial charge in [0, 0.05) is 0 Å². The molecule has 2 saturated heterocycles. The molecule has 6 heteroatoms. The highest BCUT2D eigenvalue weighted by atomic mass is 16.7. The summed E-state index contributed by atoms with van der Waals surface area (Å²) in [6.45, 7) is 9.64. The summed E-state index contributed by atoms with van der Waals surface area (Å²) in [5.41, 5.74) is -0.531. The van der Waals surface area contributed by atoms with E-state index in [0.717, 1.165) is 38.5 Å². The van der Waals surface area contributed by atoms with E-state index >= 15 is 0 Å². The van der Waals surface area contributed by atoms with Crippen molar-refractivity contribution in [2.24, 2.45) is 0 Å². The fraction of sp³-hybridized carbons (Fsp3) is 0.933. The fourth-order valence-corrected chi connectivity index (χ4v) is 2.66. The molecular formula is C15H28BNO4. The van der Waals surface area contributed by atoms with Crippen LogP contribution in [0.15, 0.2) is 0 Å². The quantitative estimate of drug-likeness (QED) is 0.462. The minimum Gasteiger partial charge on any atom is -0.465 e. The van der Waals surface area contributed by atoms with Crippen molar-refractivity contribution in [3.63, 3.8) is 0 Å². The average molecular weight is 297 g/mol. The zero-order valence-corrected chi connectivity index (χ0v) is 13.7. The highest BCUT2D eigenvalue weighted by molar-refractivity contribution is 6.45. The number of hydrogen-bond acceptors (Lipinski definition) is 5. The molecule has 2 rings (SSSR count). The third-order valence-electron chi connectivity index (χ3n) is 4.73. The molecule has 1 unspecified atom stereocenters. The molecule has 0 bridgehead atoms. The Morgan fingerprint density at radius 1 is 1.24 bits per heavy atom. The van der Waals surface area contributed by atoms with Crippen molar-refractivity contribution in [1.82, 2.24) is 5.32 Å². The number of hydrogen-bond donors (Lipinski definition) is 1. The fourth-order valence-electron chi connectivity index (χ4n) is 2.66. The van der Waals surface area contributed by atoms with Crippen molar-refractivity contribution in [3.8, 4) is 0 Å². The van der Waals surface area contributed by atoms with Crippen LogP contribution < -0.4 is 5.32 Å². The van der Waals surface area contributed by atoms with E-state index < -0.39 is 0 Å². The zero-order chi connectivity index (χ0) is 15.5. The second-order valence-electron chi connectivity index (χ2n) is 7.00. The normalized spacial score (nSPS) is 27.0. The molecule has 0 aliphatic carbocycles. The molecule has 0 spiro atoms. The van der Waals surface area contributed by atoms with Gasteiger partial charge in [0.15, 0.2) is 0 Å². The van der Waals surface area contributed by atoms with E-state index in [4.69, 9.17) is 14.0 Å². The summed E-state index contributed by atoms with van der Waals surface area (Å²) in [6, 6.07) is -0.0897. The third kappa shape index (κ3) is 4.21. The molecule has 5 nitrogen and oxygen atoms in total. The smallest absolute Gasteiger partial charge is 0.457 e. The van der Waals surface area contributed by atoms with E-state index in [1.807, 2.05) is 0 Å². The zero-order valence-electron chi connectivity index (χ0n) is 13.7. The summed E-state index contributed by atoms with van der Waals surface area (Å²) in [6.07, 6.45) is 4.57. The first-order valence-electron chi connectivity index (χ1n) is 8.07. The van der Waals surface area contributed by atoms with Gasteiger partial charge in [-0.15, -0.1) is 0 Å². The van der Waals surface area contributed by atoms with E-state index in [1.54, 1.807) is 0 Å². The molecule has 0 aromatic heterocycles. The molecule has 1 N–H and O–H groups in total. The van der Waals surface area contributed by atoms with Crippen molar-refractivity contribution in [1.29, 1.82) is 0 Å². The van der Waals surface area contributed by atoms with E-state index in [1.165, 1.54) is 0 Å². The third-order valence-corrected chi connectivity index (χ3v) is 4.73. The number of carbonyl (C=O) groups excluding carboxylic acids is 1. The van der Waals surface area contributed by atoms with Crippen LogP contribution in [0, 0.1) is 0 Å². The first-order chi connectivity index (χ1) is 9.82. The lowest BCUT2D eigenvalue weighted by atomic mass is 9.82. The summed E-state index contributed by atoms with van der Waals surface area (Å²) >= 11 is 0. The number of rotatable bonds is 6. The number of carbonyl (C=O) groups is 1. The molecule has 1 atom stereocenters. The molecule has 2 fully saturated rings. The number of unbranched alkanes of at least 4 members (excludes halogenated alkanes) is 1. The standard InChI is InChI=1S/C15H28BNO4/c1-14(2)15(3,4)21-16(20-14)9-5-6-11-19-13(18)12-8-7-10-17-12/h12,17H,5-11H2,1-4H3.